The summed E-state index contributed by atoms with van der Waals surface area (Å²) in [7, 11) is 0. The van der Waals surface area contributed by atoms with Crippen LogP contribution in [0.5, 0.6) is 0 Å². The number of hydrogen-bond donors (Lipinski definition) is 2. The Labute approximate surface area is 100 Å². The summed E-state index contributed by atoms with van der Waals surface area (Å²) in [5.74, 6) is -0.334. The number of benzene rings is 1. The molecule has 1 aliphatic heterocycles. The van der Waals surface area contributed by atoms with E-state index in [4.69, 9.17) is 0 Å². The number of piperidine rings is 1. The van der Waals surface area contributed by atoms with Gasteiger partial charge in [-0.2, -0.15) is 0 Å². The standard InChI is InChI=1S/C13H17FN2O/c14-11-4-1-3-10(7-11)8-13(17)16-12-5-2-6-15-9-12/h1,3-4,7,12,15H,2,5-6,8-9H2,(H,16,17)/t12-/m1/s1. The first-order chi connectivity index (χ1) is 8.24. The molecule has 0 unspecified atom stereocenters. The van der Waals surface area contributed by atoms with E-state index in [1.807, 2.05) is 0 Å². The first-order valence-electron chi connectivity index (χ1n) is 5.98. The van der Waals surface area contributed by atoms with Gasteiger partial charge in [0, 0.05) is 12.6 Å². The van der Waals surface area contributed by atoms with Crippen LogP contribution in [0.1, 0.15) is 18.4 Å². The van der Waals surface area contributed by atoms with Crippen LogP contribution >= 0.6 is 0 Å². The molecule has 1 saturated heterocycles. The molecule has 92 valence electrons. The van der Waals surface area contributed by atoms with Gasteiger partial charge in [-0.15, -0.1) is 0 Å². The lowest BCUT2D eigenvalue weighted by Crippen LogP contribution is -2.46. The summed E-state index contributed by atoms with van der Waals surface area (Å²) in [5.41, 5.74) is 0.714. The Morgan fingerprint density at radius 2 is 2.41 bits per heavy atom. The summed E-state index contributed by atoms with van der Waals surface area (Å²) < 4.78 is 12.9. The highest BCUT2D eigenvalue weighted by atomic mass is 19.1. The Balaban J connectivity index is 1.84. The molecular weight excluding hydrogens is 219 g/mol. The number of nitrogens with one attached hydrogen (secondary N) is 2. The molecule has 0 radical (unpaired) electrons. The van der Waals surface area contributed by atoms with Crippen molar-refractivity contribution in [1.29, 1.82) is 0 Å². The molecule has 1 fully saturated rings. The smallest absolute Gasteiger partial charge is 0.224 e. The minimum Gasteiger partial charge on any atom is -0.352 e. The molecule has 2 N–H and O–H groups in total. The monoisotopic (exact) mass is 236 g/mol. The molecule has 0 spiro atoms. The number of amides is 1. The molecule has 0 saturated carbocycles. The number of carbonyl (C=O) groups is 1. The van der Waals surface area contributed by atoms with Gasteiger partial charge in [0.15, 0.2) is 0 Å². The predicted octanol–water partition coefficient (Wildman–Crippen LogP) is 1.24. The van der Waals surface area contributed by atoms with Crippen LogP contribution in [0, 0.1) is 5.82 Å². The van der Waals surface area contributed by atoms with Gasteiger partial charge in [-0.25, -0.2) is 4.39 Å². The van der Waals surface area contributed by atoms with Crippen molar-refractivity contribution in [2.45, 2.75) is 25.3 Å². The Kier molecular flexibility index (Phi) is 4.09. The topological polar surface area (TPSA) is 41.1 Å². The molecule has 1 aromatic carbocycles. The third-order valence-electron chi connectivity index (χ3n) is 2.92. The lowest BCUT2D eigenvalue weighted by atomic mass is 10.1. The van der Waals surface area contributed by atoms with Crippen molar-refractivity contribution in [2.24, 2.45) is 0 Å². The molecule has 3 nitrogen and oxygen atoms in total. The van der Waals surface area contributed by atoms with E-state index < -0.39 is 0 Å². The summed E-state index contributed by atoms with van der Waals surface area (Å²) in [6, 6.07) is 6.39. The normalized spacial score (nSPS) is 19.9. The van der Waals surface area contributed by atoms with E-state index in [0.29, 0.717) is 5.56 Å². The van der Waals surface area contributed by atoms with Gasteiger partial charge in [-0.1, -0.05) is 12.1 Å². The molecule has 0 aliphatic carbocycles. The van der Waals surface area contributed by atoms with E-state index in [9.17, 15) is 9.18 Å². The van der Waals surface area contributed by atoms with Crippen molar-refractivity contribution in [1.82, 2.24) is 10.6 Å². The van der Waals surface area contributed by atoms with Crippen molar-refractivity contribution in [3.05, 3.63) is 35.6 Å². The van der Waals surface area contributed by atoms with E-state index >= 15 is 0 Å². The van der Waals surface area contributed by atoms with Gasteiger partial charge in [0.05, 0.1) is 6.42 Å². The maximum absolute atomic E-state index is 12.9. The van der Waals surface area contributed by atoms with E-state index in [0.717, 1.165) is 25.9 Å². The summed E-state index contributed by atoms with van der Waals surface area (Å²) in [5, 5.41) is 6.20. The highest BCUT2D eigenvalue weighted by Crippen LogP contribution is 2.06. The lowest BCUT2D eigenvalue weighted by molar-refractivity contribution is -0.121. The van der Waals surface area contributed by atoms with Gasteiger partial charge in [-0.3, -0.25) is 4.79 Å². The fraction of sp³-hybridized carbons (Fsp3) is 0.462. The van der Waals surface area contributed by atoms with Gasteiger partial charge in [-0.05, 0) is 37.1 Å². The maximum atomic E-state index is 12.9. The van der Waals surface area contributed by atoms with Gasteiger partial charge < -0.3 is 10.6 Å². The molecule has 1 atom stereocenters. The van der Waals surface area contributed by atoms with E-state index in [-0.39, 0.29) is 24.2 Å². The highest BCUT2D eigenvalue weighted by molar-refractivity contribution is 5.78. The highest BCUT2D eigenvalue weighted by Gasteiger charge is 2.15. The number of halogens is 1. The zero-order valence-corrected chi connectivity index (χ0v) is 9.71. The van der Waals surface area contributed by atoms with Crippen LogP contribution in [-0.2, 0) is 11.2 Å². The van der Waals surface area contributed by atoms with Gasteiger partial charge in [0.1, 0.15) is 5.82 Å². The van der Waals surface area contributed by atoms with Crippen molar-refractivity contribution < 1.29 is 9.18 Å². The minimum absolute atomic E-state index is 0.0377. The van der Waals surface area contributed by atoms with Crippen LogP contribution in [0.2, 0.25) is 0 Å². The van der Waals surface area contributed by atoms with Crippen LogP contribution in [-0.4, -0.2) is 25.0 Å². The minimum atomic E-state index is -0.297. The Bertz CT molecular complexity index is 389. The van der Waals surface area contributed by atoms with Gasteiger partial charge in [0.2, 0.25) is 5.91 Å². The Morgan fingerprint density at radius 1 is 1.53 bits per heavy atom. The van der Waals surface area contributed by atoms with E-state index in [1.165, 1.54) is 12.1 Å². The molecule has 1 aromatic rings. The fourth-order valence-corrected chi connectivity index (χ4v) is 2.09. The van der Waals surface area contributed by atoms with Gasteiger partial charge in [0.25, 0.3) is 0 Å². The average Bonchev–Trinajstić information content (AvgIpc) is 2.30. The van der Waals surface area contributed by atoms with Crippen LogP contribution in [0.25, 0.3) is 0 Å². The zero-order chi connectivity index (χ0) is 12.1. The van der Waals surface area contributed by atoms with Crippen molar-refractivity contribution in [3.8, 4) is 0 Å². The third kappa shape index (κ3) is 3.82. The quantitative estimate of drug-likeness (QED) is 0.829. The van der Waals surface area contributed by atoms with Crippen LogP contribution in [0.15, 0.2) is 24.3 Å². The Hall–Kier alpha value is -1.42. The average molecular weight is 236 g/mol. The number of rotatable bonds is 3. The summed E-state index contributed by atoms with van der Waals surface area (Å²) in [6.45, 7) is 1.85. The zero-order valence-electron chi connectivity index (χ0n) is 9.71. The number of carbonyl (C=O) groups excluding carboxylic acids is 1. The third-order valence-corrected chi connectivity index (χ3v) is 2.92. The predicted molar refractivity (Wildman–Crippen MR) is 64.1 cm³/mol. The second-order valence-corrected chi connectivity index (χ2v) is 4.42. The maximum Gasteiger partial charge on any atom is 0.224 e. The molecule has 2 rings (SSSR count). The molecule has 1 aliphatic rings. The van der Waals surface area contributed by atoms with Crippen molar-refractivity contribution >= 4 is 5.91 Å². The molecular formula is C13H17FN2O. The fourth-order valence-electron chi connectivity index (χ4n) is 2.09. The van der Waals surface area contributed by atoms with E-state index in [2.05, 4.69) is 10.6 Å². The first kappa shape index (κ1) is 12.0. The van der Waals surface area contributed by atoms with E-state index in [1.54, 1.807) is 12.1 Å². The van der Waals surface area contributed by atoms with Crippen LogP contribution in [0.4, 0.5) is 4.39 Å². The molecule has 4 heteroatoms. The molecule has 17 heavy (non-hydrogen) atoms. The SMILES string of the molecule is O=C(Cc1cccc(F)c1)N[C@@H]1CCCNC1. The summed E-state index contributed by atoms with van der Waals surface area (Å²) >= 11 is 0. The van der Waals surface area contributed by atoms with Gasteiger partial charge >= 0.3 is 0 Å². The molecule has 1 heterocycles. The molecule has 1 amide bonds. The molecule has 0 bridgehead atoms. The largest absolute Gasteiger partial charge is 0.352 e. The van der Waals surface area contributed by atoms with Crippen molar-refractivity contribution in [2.75, 3.05) is 13.1 Å². The summed E-state index contributed by atoms with van der Waals surface area (Å²) in [6.07, 6.45) is 2.35. The summed E-state index contributed by atoms with van der Waals surface area (Å²) in [4.78, 5) is 11.7. The molecule has 0 aromatic heterocycles. The Morgan fingerprint density at radius 3 is 3.12 bits per heavy atom. The lowest BCUT2D eigenvalue weighted by Gasteiger charge is -2.23. The van der Waals surface area contributed by atoms with Crippen LogP contribution in [0.3, 0.4) is 0 Å². The second-order valence-electron chi connectivity index (χ2n) is 4.42. The number of hydrogen-bond acceptors (Lipinski definition) is 2. The first-order valence-corrected chi connectivity index (χ1v) is 5.98. The van der Waals surface area contributed by atoms with Crippen LogP contribution < -0.4 is 10.6 Å². The second kappa shape index (κ2) is 5.77. The van der Waals surface area contributed by atoms with Crippen molar-refractivity contribution in [3.63, 3.8) is 0 Å².